The second-order valence-electron chi connectivity index (χ2n) is 7.46. The van der Waals surface area contributed by atoms with Crippen molar-refractivity contribution < 1.29 is 23.8 Å². The Labute approximate surface area is 184 Å². The first-order valence-electron chi connectivity index (χ1n) is 10.3. The monoisotopic (exact) mass is 508 g/mol. The summed E-state index contributed by atoms with van der Waals surface area (Å²) in [5.41, 5.74) is 2.22. The summed E-state index contributed by atoms with van der Waals surface area (Å²) in [7, 11) is 0. The summed E-state index contributed by atoms with van der Waals surface area (Å²) in [6.07, 6.45) is 4.09. The number of benzene rings is 1. The maximum absolute atomic E-state index is 12.9. The van der Waals surface area contributed by atoms with Crippen molar-refractivity contribution in [2.75, 3.05) is 13.2 Å². The summed E-state index contributed by atoms with van der Waals surface area (Å²) in [5.74, 6) is 2.66. The maximum Gasteiger partial charge on any atom is 0.174 e. The normalized spacial score (nSPS) is 19.7. The molecule has 0 saturated carbocycles. The number of carbonyl (C=O) groups is 2. The van der Waals surface area contributed by atoms with Crippen molar-refractivity contribution in [2.45, 2.75) is 58.3 Å². The number of carbonyl (C=O) groups excluding carboxylic acids is 2. The summed E-state index contributed by atoms with van der Waals surface area (Å²) < 4.78 is 18.7. The molecule has 1 aromatic rings. The topological polar surface area (TPSA) is 61.8 Å². The molecule has 0 N–H and O–H groups in total. The zero-order valence-corrected chi connectivity index (χ0v) is 19.0. The first-order valence-corrected chi connectivity index (χ1v) is 11.4. The third-order valence-electron chi connectivity index (χ3n) is 5.59. The number of ether oxygens (including phenoxy) is 3. The summed E-state index contributed by atoms with van der Waals surface area (Å²) in [6, 6.07) is 3.95. The van der Waals surface area contributed by atoms with Crippen LogP contribution in [0.15, 0.2) is 34.8 Å². The van der Waals surface area contributed by atoms with Gasteiger partial charge in [-0.2, -0.15) is 0 Å². The second-order valence-corrected chi connectivity index (χ2v) is 8.62. The van der Waals surface area contributed by atoms with Crippen molar-refractivity contribution in [3.05, 3.63) is 43.9 Å². The van der Waals surface area contributed by atoms with Gasteiger partial charge in [-0.1, -0.05) is 0 Å². The van der Waals surface area contributed by atoms with Crippen molar-refractivity contribution in [3.63, 3.8) is 0 Å². The molecule has 1 heterocycles. The Morgan fingerprint density at radius 1 is 0.931 bits per heavy atom. The molecule has 0 unspecified atom stereocenters. The largest absolute Gasteiger partial charge is 0.490 e. The molecular formula is C23H25IO5. The minimum atomic E-state index is -0.377. The number of Topliss-reactive ketones (excluding diaryl/α,β-unsaturated/α-hetero) is 2. The van der Waals surface area contributed by atoms with Crippen molar-refractivity contribution in [2.24, 2.45) is 0 Å². The Kier molecular flexibility index (Phi) is 5.99. The van der Waals surface area contributed by atoms with E-state index in [1.807, 2.05) is 26.0 Å². The van der Waals surface area contributed by atoms with Gasteiger partial charge in [0.1, 0.15) is 11.5 Å². The number of rotatable bonds is 5. The van der Waals surface area contributed by atoms with Gasteiger partial charge in [0.05, 0.1) is 16.8 Å². The Hall–Kier alpha value is -1.83. The van der Waals surface area contributed by atoms with Crippen LogP contribution in [0.5, 0.6) is 11.5 Å². The van der Waals surface area contributed by atoms with Crippen molar-refractivity contribution in [1.29, 1.82) is 0 Å². The van der Waals surface area contributed by atoms with Crippen LogP contribution in [0.4, 0.5) is 0 Å². The SMILES string of the molecule is CCOc1cc(C2C3=C(CCCC3=O)OC3=C2C(=O)CCC3)cc(I)c1OCC. The first-order chi connectivity index (χ1) is 14.0. The predicted molar refractivity (Wildman–Crippen MR) is 117 cm³/mol. The van der Waals surface area contributed by atoms with Gasteiger partial charge in [-0.25, -0.2) is 0 Å². The van der Waals surface area contributed by atoms with Crippen LogP contribution in [-0.4, -0.2) is 24.8 Å². The van der Waals surface area contributed by atoms with E-state index in [4.69, 9.17) is 14.2 Å². The van der Waals surface area contributed by atoms with Crippen LogP contribution in [0.3, 0.4) is 0 Å². The highest BCUT2D eigenvalue weighted by Crippen LogP contribution is 2.49. The molecule has 6 heteroatoms. The summed E-state index contributed by atoms with van der Waals surface area (Å²) in [4.78, 5) is 25.9. The number of allylic oxidation sites excluding steroid dienone is 4. The lowest BCUT2D eigenvalue weighted by Crippen LogP contribution is -2.30. The quantitative estimate of drug-likeness (QED) is 0.511. The smallest absolute Gasteiger partial charge is 0.174 e. The minimum absolute atomic E-state index is 0.0861. The van der Waals surface area contributed by atoms with E-state index in [9.17, 15) is 9.59 Å². The average molecular weight is 508 g/mol. The fourth-order valence-corrected chi connectivity index (χ4v) is 5.23. The summed E-state index contributed by atoms with van der Waals surface area (Å²) >= 11 is 2.24. The van der Waals surface area contributed by atoms with Gasteiger partial charge in [0.15, 0.2) is 23.1 Å². The molecule has 2 aliphatic carbocycles. The molecule has 0 amide bonds. The van der Waals surface area contributed by atoms with Crippen LogP contribution < -0.4 is 9.47 Å². The standard InChI is InChI=1S/C23H25IO5/c1-3-27-19-12-13(11-14(24)23(19)28-4-2)20-21-15(25)7-5-9-17(21)29-18-10-6-8-16(26)22(18)20/h11-12,20H,3-10H2,1-2H3. The first kappa shape index (κ1) is 20.4. The molecule has 0 atom stereocenters. The Bertz CT molecular complexity index is 885. The van der Waals surface area contributed by atoms with E-state index in [0.717, 1.165) is 46.3 Å². The van der Waals surface area contributed by atoms with E-state index in [-0.39, 0.29) is 17.5 Å². The van der Waals surface area contributed by atoms with Gasteiger partial charge in [-0.05, 0) is 67.0 Å². The van der Waals surface area contributed by atoms with Crippen LogP contribution in [0.1, 0.15) is 63.9 Å². The van der Waals surface area contributed by atoms with E-state index in [1.54, 1.807) is 0 Å². The molecule has 0 spiro atoms. The molecule has 29 heavy (non-hydrogen) atoms. The molecular weight excluding hydrogens is 483 g/mol. The number of halogens is 1. The molecule has 0 aromatic heterocycles. The molecule has 0 saturated heterocycles. The number of hydrogen-bond acceptors (Lipinski definition) is 5. The van der Waals surface area contributed by atoms with Crippen LogP contribution >= 0.6 is 22.6 Å². The molecule has 1 aromatic carbocycles. The van der Waals surface area contributed by atoms with Gasteiger partial charge in [-0.15, -0.1) is 0 Å². The van der Waals surface area contributed by atoms with Crippen LogP contribution in [0.25, 0.3) is 0 Å². The van der Waals surface area contributed by atoms with Gasteiger partial charge in [0.25, 0.3) is 0 Å². The lowest BCUT2D eigenvalue weighted by molar-refractivity contribution is -0.117. The molecule has 0 bridgehead atoms. The van der Waals surface area contributed by atoms with Crippen LogP contribution in [0.2, 0.25) is 0 Å². The predicted octanol–water partition coefficient (Wildman–Crippen LogP) is 5.22. The van der Waals surface area contributed by atoms with E-state index in [0.29, 0.717) is 48.7 Å². The second kappa shape index (κ2) is 8.50. The molecule has 5 nitrogen and oxygen atoms in total. The third-order valence-corrected chi connectivity index (χ3v) is 6.40. The van der Waals surface area contributed by atoms with Crippen molar-refractivity contribution in [3.8, 4) is 11.5 Å². The minimum Gasteiger partial charge on any atom is -0.490 e. The molecule has 0 radical (unpaired) electrons. The molecule has 4 rings (SSSR count). The third kappa shape index (κ3) is 3.71. The highest BCUT2D eigenvalue weighted by Gasteiger charge is 2.42. The van der Waals surface area contributed by atoms with Gasteiger partial charge < -0.3 is 14.2 Å². The lowest BCUT2D eigenvalue weighted by atomic mass is 9.73. The van der Waals surface area contributed by atoms with Gasteiger partial charge in [0, 0.05) is 42.7 Å². The Balaban J connectivity index is 1.90. The number of hydrogen-bond donors (Lipinski definition) is 0. The summed E-state index contributed by atoms with van der Waals surface area (Å²) in [5, 5.41) is 0. The van der Waals surface area contributed by atoms with Gasteiger partial charge in [-0.3, -0.25) is 9.59 Å². The highest BCUT2D eigenvalue weighted by molar-refractivity contribution is 14.1. The van der Waals surface area contributed by atoms with E-state index < -0.39 is 0 Å². The molecule has 1 aliphatic heterocycles. The van der Waals surface area contributed by atoms with Gasteiger partial charge >= 0.3 is 0 Å². The van der Waals surface area contributed by atoms with Crippen LogP contribution in [0, 0.1) is 3.57 Å². The van der Waals surface area contributed by atoms with Crippen molar-refractivity contribution in [1.82, 2.24) is 0 Å². The fraction of sp³-hybridized carbons (Fsp3) is 0.478. The van der Waals surface area contributed by atoms with E-state index in [1.165, 1.54) is 0 Å². The molecule has 3 aliphatic rings. The van der Waals surface area contributed by atoms with E-state index >= 15 is 0 Å². The van der Waals surface area contributed by atoms with E-state index in [2.05, 4.69) is 22.6 Å². The average Bonchev–Trinajstić information content (AvgIpc) is 2.69. The Morgan fingerprint density at radius 3 is 2.07 bits per heavy atom. The highest BCUT2D eigenvalue weighted by atomic mass is 127. The summed E-state index contributed by atoms with van der Waals surface area (Å²) in [6.45, 7) is 4.91. The maximum atomic E-state index is 12.9. The lowest BCUT2D eigenvalue weighted by Gasteiger charge is -2.36. The molecule has 0 fully saturated rings. The molecule has 154 valence electrons. The van der Waals surface area contributed by atoms with Gasteiger partial charge in [0.2, 0.25) is 0 Å². The van der Waals surface area contributed by atoms with Crippen molar-refractivity contribution >= 4 is 34.2 Å². The fourth-order valence-electron chi connectivity index (χ4n) is 4.45. The van der Waals surface area contributed by atoms with Crippen LogP contribution in [-0.2, 0) is 14.3 Å². The zero-order chi connectivity index (χ0) is 20.5. The number of ketones is 2. The zero-order valence-electron chi connectivity index (χ0n) is 16.8. The Morgan fingerprint density at radius 2 is 1.52 bits per heavy atom.